The van der Waals surface area contributed by atoms with Crippen molar-refractivity contribution in [3.8, 4) is 17.3 Å². The Balaban J connectivity index is 2.43. The van der Waals surface area contributed by atoms with Gasteiger partial charge in [-0.25, -0.2) is 22.9 Å². The van der Waals surface area contributed by atoms with Gasteiger partial charge in [0.1, 0.15) is 5.69 Å². The van der Waals surface area contributed by atoms with Crippen LogP contribution in [0, 0.1) is 5.95 Å². The normalized spacial score (nSPS) is 11.2. The molecule has 22 heavy (non-hydrogen) atoms. The summed E-state index contributed by atoms with van der Waals surface area (Å²) in [6, 6.07) is 2.44. The number of aromatic nitrogens is 4. The average Bonchev–Trinajstić information content (AvgIpc) is 2.72. The van der Waals surface area contributed by atoms with Crippen LogP contribution in [0.1, 0.15) is 0 Å². The number of anilines is 1. The topological polar surface area (TPSA) is 142 Å². The van der Waals surface area contributed by atoms with E-state index in [1.165, 1.54) is 13.1 Å². The number of sulfonamides is 1. The molecule has 12 heteroatoms. The van der Waals surface area contributed by atoms with Crippen molar-refractivity contribution in [2.45, 2.75) is 0 Å². The van der Waals surface area contributed by atoms with Crippen LogP contribution < -0.4 is 15.2 Å². The highest BCUT2D eigenvalue weighted by Gasteiger charge is 2.19. The third kappa shape index (κ3) is 3.46. The van der Waals surface area contributed by atoms with Gasteiger partial charge in [-0.1, -0.05) is 5.21 Å². The summed E-state index contributed by atoms with van der Waals surface area (Å²) in [4.78, 5) is 14.4. The van der Waals surface area contributed by atoms with E-state index in [-0.39, 0.29) is 23.0 Å². The molecule has 2 aromatic rings. The van der Waals surface area contributed by atoms with Crippen molar-refractivity contribution in [1.29, 1.82) is 0 Å². The first-order chi connectivity index (χ1) is 10.2. The zero-order chi connectivity index (χ0) is 16.5. The number of amides is 1. The first kappa shape index (κ1) is 15.6. The van der Waals surface area contributed by atoms with Gasteiger partial charge in [-0.05, 0) is 12.1 Å². The molecule has 0 bridgehead atoms. The Morgan fingerprint density at radius 1 is 1.45 bits per heavy atom. The Morgan fingerprint density at radius 2 is 2.14 bits per heavy atom. The Hall–Kier alpha value is -2.76. The van der Waals surface area contributed by atoms with Crippen LogP contribution in [-0.4, -0.2) is 40.7 Å². The smallest absolute Gasteiger partial charge is 0.389 e. The predicted octanol–water partition coefficient (Wildman–Crippen LogP) is -0.155. The highest BCUT2D eigenvalue weighted by Crippen LogP contribution is 2.27. The highest BCUT2D eigenvalue weighted by atomic mass is 32.2. The van der Waals surface area contributed by atoms with Crippen molar-refractivity contribution >= 4 is 21.8 Å². The minimum Gasteiger partial charge on any atom is -0.389 e. The van der Waals surface area contributed by atoms with Gasteiger partial charge in [0.25, 0.3) is 5.88 Å². The lowest BCUT2D eigenvalue weighted by Crippen LogP contribution is -2.18. The van der Waals surface area contributed by atoms with Crippen molar-refractivity contribution in [3.05, 3.63) is 18.1 Å². The Labute approximate surface area is 124 Å². The molecule has 2 heterocycles. The number of pyridine rings is 1. The number of primary amides is 1. The maximum atomic E-state index is 13.8. The number of hydrogen-bond donors (Lipinski definition) is 2. The molecular weight excluding hydrogens is 319 g/mol. The van der Waals surface area contributed by atoms with Crippen LogP contribution in [0.2, 0.25) is 0 Å². The zero-order valence-corrected chi connectivity index (χ0v) is 12.3. The molecule has 0 saturated carbocycles. The first-order valence-corrected chi connectivity index (χ1v) is 7.58. The van der Waals surface area contributed by atoms with Gasteiger partial charge in [-0.2, -0.15) is 4.39 Å². The summed E-state index contributed by atoms with van der Waals surface area (Å²) in [6.45, 7) is 0. The maximum absolute atomic E-state index is 13.8. The number of carbonyl (C=O) groups is 1. The third-order valence-corrected chi connectivity index (χ3v) is 2.95. The lowest BCUT2D eigenvalue weighted by Gasteiger charge is -2.06. The quantitative estimate of drug-likeness (QED) is 0.742. The molecule has 0 aliphatic rings. The van der Waals surface area contributed by atoms with E-state index in [1.54, 1.807) is 0 Å². The van der Waals surface area contributed by atoms with Crippen LogP contribution in [0.5, 0.6) is 5.88 Å². The number of nitrogens with two attached hydrogens (primary N) is 1. The predicted molar refractivity (Wildman–Crippen MR) is 72.9 cm³/mol. The van der Waals surface area contributed by atoms with Gasteiger partial charge in [0.05, 0.1) is 11.9 Å². The SMILES string of the molecule is Cn1nnc(-c2ccc(NS(C)(=O)=O)c(F)n2)c1OC(N)=O. The van der Waals surface area contributed by atoms with Crippen molar-refractivity contribution < 1.29 is 22.3 Å². The molecule has 10 nitrogen and oxygen atoms in total. The largest absolute Gasteiger partial charge is 0.411 e. The molecule has 1 amide bonds. The van der Waals surface area contributed by atoms with Crippen LogP contribution in [0.3, 0.4) is 0 Å². The molecule has 0 aliphatic carbocycles. The fourth-order valence-corrected chi connectivity index (χ4v) is 2.11. The molecule has 2 aromatic heterocycles. The maximum Gasteiger partial charge on any atom is 0.411 e. The number of aryl methyl sites for hydroxylation is 1. The number of ether oxygens (including phenoxy) is 1. The minimum absolute atomic E-state index is 0.0131. The monoisotopic (exact) mass is 330 g/mol. The standard InChI is InChI=1S/C10H11FN6O4S/c1-17-9(21-10(12)18)7(14-16-17)5-3-4-6(8(11)13-5)15-22(2,19)20/h3-4,15H,1-2H3,(H2,12,18). The molecule has 0 saturated heterocycles. The third-order valence-electron chi connectivity index (χ3n) is 2.36. The number of hydrogen-bond acceptors (Lipinski definition) is 7. The number of rotatable bonds is 4. The number of nitrogens with zero attached hydrogens (tertiary/aromatic N) is 4. The van der Waals surface area contributed by atoms with Crippen molar-refractivity contribution in [3.63, 3.8) is 0 Å². The van der Waals surface area contributed by atoms with Gasteiger partial charge in [0.2, 0.25) is 16.0 Å². The van der Waals surface area contributed by atoms with Crippen LogP contribution >= 0.6 is 0 Å². The van der Waals surface area contributed by atoms with Gasteiger partial charge in [-0.3, -0.25) is 4.72 Å². The Kier molecular flexibility index (Phi) is 3.95. The van der Waals surface area contributed by atoms with E-state index in [0.29, 0.717) is 0 Å². The molecule has 0 atom stereocenters. The Bertz CT molecular complexity index is 834. The van der Waals surface area contributed by atoms with Gasteiger partial charge >= 0.3 is 6.09 Å². The van der Waals surface area contributed by atoms with E-state index in [4.69, 9.17) is 10.5 Å². The molecule has 0 unspecified atom stereocenters. The summed E-state index contributed by atoms with van der Waals surface area (Å²) < 4.78 is 43.8. The molecule has 0 radical (unpaired) electrons. The van der Waals surface area contributed by atoms with Crippen LogP contribution in [0.25, 0.3) is 11.4 Å². The summed E-state index contributed by atoms with van der Waals surface area (Å²) in [7, 11) is -2.21. The number of carbonyl (C=O) groups excluding carboxylic acids is 1. The van der Waals surface area contributed by atoms with Gasteiger partial charge in [-0.15, -0.1) is 5.10 Å². The summed E-state index contributed by atoms with van der Waals surface area (Å²) in [5, 5.41) is 7.31. The van der Waals surface area contributed by atoms with Crippen LogP contribution in [-0.2, 0) is 17.1 Å². The molecule has 0 spiro atoms. The fraction of sp³-hybridized carbons (Fsp3) is 0.200. The Morgan fingerprint density at radius 3 is 2.68 bits per heavy atom. The minimum atomic E-state index is -3.65. The van der Waals surface area contributed by atoms with Crippen LogP contribution in [0.15, 0.2) is 12.1 Å². The van der Waals surface area contributed by atoms with Crippen LogP contribution in [0.4, 0.5) is 14.9 Å². The fourth-order valence-electron chi connectivity index (χ4n) is 1.56. The van der Waals surface area contributed by atoms with Crippen molar-refractivity contribution in [1.82, 2.24) is 20.0 Å². The summed E-state index contributed by atoms with van der Waals surface area (Å²) in [5.74, 6) is -1.19. The second-order valence-corrected chi connectivity index (χ2v) is 5.95. The van der Waals surface area contributed by atoms with Gasteiger partial charge in [0.15, 0.2) is 5.69 Å². The zero-order valence-electron chi connectivity index (χ0n) is 11.4. The molecule has 0 aliphatic heterocycles. The van der Waals surface area contributed by atoms with E-state index in [2.05, 4.69) is 15.3 Å². The second-order valence-electron chi connectivity index (χ2n) is 4.20. The first-order valence-electron chi connectivity index (χ1n) is 5.69. The molecule has 0 aromatic carbocycles. The average molecular weight is 330 g/mol. The summed E-state index contributed by atoms with van der Waals surface area (Å²) >= 11 is 0. The van der Waals surface area contributed by atoms with Crippen molar-refractivity contribution in [2.75, 3.05) is 11.0 Å². The lowest BCUT2D eigenvalue weighted by atomic mass is 10.2. The second kappa shape index (κ2) is 5.55. The molecule has 118 valence electrons. The van der Waals surface area contributed by atoms with E-state index in [1.807, 2.05) is 4.72 Å². The summed E-state index contributed by atoms with van der Waals surface area (Å²) in [5.41, 5.74) is 4.56. The highest BCUT2D eigenvalue weighted by molar-refractivity contribution is 7.92. The van der Waals surface area contributed by atoms with E-state index >= 15 is 0 Å². The van der Waals surface area contributed by atoms with Crippen molar-refractivity contribution in [2.24, 2.45) is 12.8 Å². The van der Waals surface area contributed by atoms with Gasteiger partial charge in [0, 0.05) is 7.05 Å². The molecular formula is C10H11FN6O4S. The number of halogens is 1. The molecule has 3 N–H and O–H groups in total. The molecule has 2 rings (SSSR count). The van der Waals surface area contributed by atoms with Gasteiger partial charge < -0.3 is 10.5 Å². The number of nitrogens with one attached hydrogen (secondary N) is 1. The van der Waals surface area contributed by atoms with E-state index < -0.39 is 22.1 Å². The summed E-state index contributed by atoms with van der Waals surface area (Å²) in [6.07, 6.45) is -0.218. The molecule has 0 fully saturated rings. The lowest BCUT2D eigenvalue weighted by molar-refractivity contribution is 0.207. The van der Waals surface area contributed by atoms with E-state index in [9.17, 15) is 17.6 Å². The van der Waals surface area contributed by atoms with E-state index in [0.717, 1.165) is 17.0 Å².